The first-order valence-electron chi connectivity index (χ1n) is 8.10. The Hall–Kier alpha value is -3.28. The van der Waals surface area contributed by atoms with E-state index >= 15 is 0 Å². The van der Waals surface area contributed by atoms with Crippen LogP contribution in [0.25, 0.3) is 0 Å². The zero-order chi connectivity index (χ0) is 17.0. The maximum atomic E-state index is 5.85. The molecule has 2 aliphatic rings. The van der Waals surface area contributed by atoms with Gasteiger partial charge in [-0.15, -0.1) is 0 Å². The molecule has 25 heavy (non-hydrogen) atoms. The third kappa shape index (κ3) is 2.18. The molecule has 0 unspecified atom stereocenters. The highest BCUT2D eigenvalue weighted by Crippen LogP contribution is 2.37. The molecule has 0 bridgehead atoms. The average Bonchev–Trinajstić information content (AvgIpc) is 3.16. The van der Waals surface area contributed by atoms with Crippen molar-refractivity contribution in [2.45, 2.75) is 13.3 Å². The van der Waals surface area contributed by atoms with Gasteiger partial charge in [-0.1, -0.05) is 12.1 Å². The van der Waals surface area contributed by atoms with Crippen molar-refractivity contribution < 1.29 is 9.47 Å². The zero-order valence-corrected chi connectivity index (χ0v) is 13.7. The normalized spacial score (nSPS) is 14.5. The molecule has 0 saturated carbocycles. The molecule has 0 saturated heterocycles. The van der Waals surface area contributed by atoms with Gasteiger partial charge < -0.3 is 15.2 Å². The van der Waals surface area contributed by atoms with Crippen molar-refractivity contribution in [3.05, 3.63) is 70.8 Å². The topological polar surface area (TPSA) is 74.7 Å². The first-order valence-corrected chi connectivity index (χ1v) is 8.10. The van der Waals surface area contributed by atoms with Crippen molar-refractivity contribution in [2.75, 3.05) is 12.5 Å². The van der Waals surface area contributed by atoms with Gasteiger partial charge in [-0.25, -0.2) is 9.66 Å². The maximum absolute atomic E-state index is 5.85. The smallest absolute Gasteiger partial charge is 0.231 e. The number of aromatic nitrogens is 2. The van der Waals surface area contributed by atoms with E-state index in [4.69, 9.17) is 20.3 Å². The van der Waals surface area contributed by atoms with E-state index in [0.717, 1.165) is 57.5 Å². The van der Waals surface area contributed by atoms with Crippen molar-refractivity contribution in [3.8, 4) is 11.5 Å². The van der Waals surface area contributed by atoms with Crippen LogP contribution in [0.4, 0.5) is 5.69 Å². The Morgan fingerprint density at radius 3 is 2.64 bits per heavy atom. The number of imidazole rings is 1. The van der Waals surface area contributed by atoms with Gasteiger partial charge in [0.2, 0.25) is 6.79 Å². The number of hydrogen-bond donors (Lipinski definition) is 1. The first-order chi connectivity index (χ1) is 12.2. The molecule has 6 nitrogen and oxygen atoms in total. The summed E-state index contributed by atoms with van der Waals surface area (Å²) < 4.78 is 13.0. The van der Waals surface area contributed by atoms with Crippen LogP contribution in [0.5, 0.6) is 11.5 Å². The summed E-state index contributed by atoms with van der Waals surface area (Å²) in [6.07, 6.45) is 2.61. The molecule has 6 heteroatoms. The van der Waals surface area contributed by atoms with E-state index in [1.54, 1.807) is 0 Å². The minimum Gasteiger partial charge on any atom is -0.454 e. The Morgan fingerprint density at radius 1 is 1.08 bits per heavy atom. The van der Waals surface area contributed by atoms with Crippen LogP contribution in [0.2, 0.25) is 0 Å². The second-order valence-corrected chi connectivity index (χ2v) is 6.22. The number of aryl methyl sites for hydroxylation is 1. The molecule has 0 spiro atoms. The third-order valence-corrected chi connectivity index (χ3v) is 4.59. The second kappa shape index (κ2) is 5.11. The number of benzene rings is 2. The summed E-state index contributed by atoms with van der Waals surface area (Å²) in [5, 5.41) is 4.90. The Morgan fingerprint density at radius 2 is 1.84 bits per heavy atom. The lowest BCUT2D eigenvalue weighted by molar-refractivity contribution is 0.174. The van der Waals surface area contributed by atoms with Crippen LogP contribution in [0.1, 0.15) is 28.2 Å². The predicted molar refractivity (Wildman–Crippen MR) is 94.2 cm³/mol. The fourth-order valence-corrected chi connectivity index (χ4v) is 3.30. The molecule has 1 aromatic heterocycles. The summed E-state index contributed by atoms with van der Waals surface area (Å²) in [6, 6.07) is 11.8. The van der Waals surface area contributed by atoms with Gasteiger partial charge in [0.1, 0.15) is 5.82 Å². The fraction of sp³-hybridized carbons (Fsp3) is 0.158. The van der Waals surface area contributed by atoms with E-state index in [1.807, 2.05) is 54.2 Å². The van der Waals surface area contributed by atoms with Gasteiger partial charge in [-0.05, 0) is 36.8 Å². The number of rotatable bonds is 1. The molecule has 0 fully saturated rings. The van der Waals surface area contributed by atoms with Crippen LogP contribution in [0.3, 0.4) is 0 Å². The first kappa shape index (κ1) is 14.1. The molecule has 0 atom stereocenters. The highest BCUT2D eigenvalue weighted by molar-refractivity contribution is 6.14. The molecule has 2 aliphatic heterocycles. The molecule has 0 aliphatic carbocycles. The Kier molecular flexibility index (Phi) is 2.88. The standard InChI is InChI=1S/C19H16N4O2/c1-11-21-9-15-6-13-7-17-18(25-10-24-17)8-16(13)19(22-23(11)15)12-2-4-14(20)5-3-12/h2-5,7-9H,6,10,20H2,1H3. The van der Waals surface area contributed by atoms with Crippen molar-refractivity contribution in [1.82, 2.24) is 9.66 Å². The van der Waals surface area contributed by atoms with E-state index in [0.29, 0.717) is 0 Å². The number of anilines is 1. The molecular formula is C19H16N4O2. The van der Waals surface area contributed by atoms with Crippen molar-refractivity contribution in [3.63, 3.8) is 0 Å². The third-order valence-electron chi connectivity index (χ3n) is 4.59. The molecule has 0 radical (unpaired) electrons. The number of nitrogens with two attached hydrogens (primary N) is 1. The lowest BCUT2D eigenvalue weighted by atomic mass is 9.95. The SMILES string of the molecule is Cc1ncc2n1N=C(c1ccc(N)cc1)c1cc3c(cc1C2)OCO3. The minimum absolute atomic E-state index is 0.254. The van der Waals surface area contributed by atoms with Crippen LogP contribution >= 0.6 is 0 Å². The zero-order valence-electron chi connectivity index (χ0n) is 13.7. The van der Waals surface area contributed by atoms with Gasteiger partial charge in [0.15, 0.2) is 11.5 Å². The lowest BCUT2D eigenvalue weighted by Crippen LogP contribution is -2.08. The highest BCUT2D eigenvalue weighted by atomic mass is 16.7. The average molecular weight is 332 g/mol. The summed E-state index contributed by atoms with van der Waals surface area (Å²) in [4.78, 5) is 4.41. The van der Waals surface area contributed by atoms with Crippen molar-refractivity contribution in [1.29, 1.82) is 0 Å². The fourth-order valence-electron chi connectivity index (χ4n) is 3.30. The van der Waals surface area contributed by atoms with Crippen molar-refractivity contribution >= 4 is 11.4 Å². The van der Waals surface area contributed by atoms with Gasteiger partial charge in [0, 0.05) is 23.2 Å². The Labute approximate surface area is 144 Å². The van der Waals surface area contributed by atoms with Gasteiger partial charge in [-0.2, -0.15) is 5.10 Å². The van der Waals surface area contributed by atoms with E-state index in [-0.39, 0.29) is 6.79 Å². The highest BCUT2D eigenvalue weighted by Gasteiger charge is 2.24. The molecule has 0 amide bonds. The number of ether oxygens (including phenoxy) is 2. The monoisotopic (exact) mass is 332 g/mol. The number of fused-ring (bicyclic) bond motifs is 3. The van der Waals surface area contributed by atoms with Crippen molar-refractivity contribution in [2.24, 2.45) is 5.10 Å². The summed E-state index contributed by atoms with van der Waals surface area (Å²) in [5.41, 5.74) is 11.7. The van der Waals surface area contributed by atoms with Crippen LogP contribution in [0, 0.1) is 6.92 Å². The minimum atomic E-state index is 0.254. The molecule has 2 aromatic carbocycles. The molecule has 124 valence electrons. The Balaban J connectivity index is 1.78. The summed E-state index contributed by atoms with van der Waals surface area (Å²) in [5.74, 6) is 2.39. The van der Waals surface area contributed by atoms with Crippen LogP contribution in [0.15, 0.2) is 47.7 Å². The van der Waals surface area contributed by atoms with Gasteiger partial charge in [-0.3, -0.25) is 0 Å². The Bertz CT molecular complexity index is 1020. The van der Waals surface area contributed by atoms with E-state index < -0.39 is 0 Å². The van der Waals surface area contributed by atoms with Gasteiger partial charge >= 0.3 is 0 Å². The van der Waals surface area contributed by atoms with Gasteiger partial charge in [0.25, 0.3) is 0 Å². The van der Waals surface area contributed by atoms with Gasteiger partial charge in [0.05, 0.1) is 17.6 Å². The number of hydrogen-bond acceptors (Lipinski definition) is 5. The summed E-state index contributed by atoms with van der Waals surface area (Å²) in [7, 11) is 0. The summed E-state index contributed by atoms with van der Waals surface area (Å²) in [6.45, 7) is 2.21. The lowest BCUT2D eigenvalue weighted by Gasteiger charge is -2.11. The molecular weight excluding hydrogens is 316 g/mol. The molecule has 2 N–H and O–H groups in total. The molecule has 3 aromatic rings. The molecule has 3 heterocycles. The largest absolute Gasteiger partial charge is 0.454 e. The van der Waals surface area contributed by atoms with E-state index in [2.05, 4.69) is 4.98 Å². The quantitative estimate of drug-likeness (QED) is 0.544. The predicted octanol–water partition coefficient (Wildman–Crippen LogP) is 2.71. The van der Waals surface area contributed by atoms with E-state index in [9.17, 15) is 0 Å². The van der Waals surface area contributed by atoms with Crippen LogP contribution < -0.4 is 15.2 Å². The number of nitrogens with zero attached hydrogens (tertiary/aromatic N) is 3. The van der Waals surface area contributed by atoms with Crippen LogP contribution in [-0.4, -0.2) is 22.2 Å². The second-order valence-electron chi connectivity index (χ2n) is 6.22. The maximum Gasteiger partial charge on any atom is 0.231 e. The van der Waals surface area contributed by atoms with Crippen LogP contribution in [-0.2, 0) is 6.42 Å². The molecule has 5 rings (SSSR count). The summed E-state index contributed by atoms with van der Waals surface area (Å²) >= 11 is 0. The number of nitrogen functional groups attached to an aromatic ring is 1. The van der Waals surface area contributed by atoms with E-state index in [1.165, 1.54) is 0 Å².